The molecule has 1 saturated carbocycles. The molecule has 1 N–H and O–H groups in total. The number of halogens is 1. The van der Waals surface area contributed by atoms with Gasteiger partial charge in [0.25, 0.3) is 0 Å². The SMILES string of the molecule is CCCC1CC(CNC(C)(C)C)(c2ccccc2F)C1. The van der Waals surface area contributed by atoms with Crippen LogP contribution >= 0.6 is 0 Å². The summed E-state index contributed by atoms with van der Waals surface area (Å²) in [5, 5.41) is 3.59. The Morgan fingerprint density at radius 1 is 1.25 bits per heavy atom. The Morgan fingerprint density at radius 3 is 2.45 bits per heavy atom. The summed E-state index contributed by atoms with van der Waals surface area (Å²) < 4.78 is 14.2. The first-order chi connectivity index (χ1) is 9.36. The average Bonchev–Trinajstić information content (AvgIpc) is 2.32. The van der Waals surface area contributed by atoms with Gasteiger partial charge in [0.05, 0.1) is 0 Å². The maximum Gasteiger partial charge on any atom is 0.127 e. The molecular weight excluding hydrogens is 249 g/mol. The molecular formula is C18H28FN. The zero-order valence-electron chi connectivity index (χ0n) is 13.3. The van der Waals surface area contributed by atoms with Gasteiger partial charge >= 0.3 is 0 Å². The van der Waals surface area contributed by atoms with Crippen LogP contribution in [0.15, 0.2) is 24.3 Å². The lowest BCUT2D eigenvalue weighted by molar-refractivity contribution is 0.116. The van der Waals surface area contributed by atoms with Gasteiger partial charge in [-0.2, -0.15) is 0 Å². The van der Waals surface area contributed by atoms with E-state index in [9.17, 15) is 4.39 Å². The van der Waals surface area contributed by atoms with Crippen molar-refractivity contribution in [3.8, 4) is 0 Å². The summed E-state index contributed by atoms with van der Waals surface area (Å²) in [5.74, 6) is 0.722. The zero-order valence-corrected chi connectivity index (χ0v) is 13.3. The molecule has 1 nitrogen and oxygen atoms in total. The van der Waals surface area contributed by atoms with Gasteiger partial charge in [0, 0.05) is 17.5 Å². The summed E-state index contributed by atoms with van der Waals surface area (Å²) in [6, 6.07) is 7.32. The molecule has 1 aliphatic carbocycles. The Bertz CT molecular complexity index is 441. The van der Waals surface area contributed by atoms with E-state index in [1.54, 1.807) is 12.1 Å². The minimum absolute atomic E-state index is 0.00153. The van der Waals surface area contributed by atoms with Gasteiger partial charge in [0.2, 0.25) is 0 Å². The van der Waals surface area contributed by atoms with Gasteiger partial charge in [-0.25, -0.2) is 4.39 Å². The van der Waals surface area contributed by atoms with Crippen molar-refractivity contribution in [1.82, 2.24) is 5.32 Å². The molecule has 0 radical (unpaired) electrons. The summed E-state index contributed by atoms with van der Waals surface area (Å²) in [6.07, 6.45) is 4.73. The first kappa shape index (κ1) is 15.5. The molecule has 0 atom stereocenters. The van der Waals surface area contributed by atoms with Gasteiger partial charge in [0.15, 0.2) is 0 Å². The molecule has 0 bridgehead atoms. The van der Waals surface area contributed by atoms with Crippen LogP contribution in [0.2, 0.25) is 0 Å². The van der Waals surface area contributed by atoms with E-state index in [4.69, 9.17) is 0 Å². The van der Waals surface area contributed by atoms with Crippen LogP contribution in [0, 0.1) is 11.7 Å². The monoisotopic (exact) mass is 277 g/mol. The number of hydrogen-bond donors (Lipinski definition) is 1. The minimum atomic E-state index is -0.0434. The normalized spacial score (nSPS) is 26.4. The second-order valence-corrected chi connectivity index (χ2v) is 7.43. The Labute approximate surface area is 123 Å². The van der Waals surface area contributed by atoms with E-state index >= 15 is 0 Å². The second-order valence-electron chi connectivity index (χ2n) is 7.43. The van der Waals surface area contributed by atoms with Crippen molar-refractivity contribution in [2.45, 2.75) is 64.3 Å². The van der Waals surface area contributed by atoms with Gasteiger partial charge in [-0.05, 0) is 51.2 Å². The molecule has 2 heteroatoms. The molecule has 1 aromatic rings. The van der Waals surface area contributed by atoms with E-state index < -0.39 is 0 Å². The smallest absolute Gasteiger partial charge is 0.127 e. The molecule has 1 fully saturated rings. The number of nitrogens with one attached hydrogen (secondary N) is 1. The van der Waals surface area contributed by atoms with Crippen molar-refractivity contribution in [3.63, 3.8) is 0 Å². The maximum atomic E-state index is 14.2. The Morgan fingerprint density at radius 2 is 1.90 bits per heavy atom. The highest BCUT2D eigenvalue weighted by molar-refractivity contribution is 5.31. The van der Waals surface area contributed by atoms with E-state index in [-0.39, 0.29) is 16.8 Å². The molecule has 20 heavy (non-hydrogen) atoms. The maximum absolute atomic E-state index is 14.2. The molecule has 2 rings (SSSR count). The first-order valence-electron chi connectivity index (χ1n) is 7.86. The highest BCUT2D eigenvalue weighted by atomic mass is 19.1. The number of rotatable bonds is 5. The quantitative estimate of drug-likeness (QED) is 0.825. The molecule has 112 valence electrons. The largest absolute Gasteiger partial charge is 0.311 e. The van der Waals surface area contributed by atoms with E-state index in [2.05, 4.69) is 33.0 Å². The van der Waals surface area contributed by atoms with Crippen LogP contribution in [0.5, 0.6) is 0 Å². The predicted molar refractivity (Wildman–Crippen MR) is 83.5 cm³/mol. The molecule has 0 spiro atoms. The third-order valence-electron chi connectivity index (χ3n) is 4.46. The fourth-order valence-electron chi connectivity index (χ4n) is 3.44. The Balaban J connectivity index is 2.16. The first-order valence-corrected chi connectivity index (χ1v) is 7.86. The summed E-state index contributed by atoms with van der Waals surface area (Å²) in [5.41, 5.74) is 0.983. The van der Waals surface area contributed by atoms with Crippen molar-refractivity contribution in [2.75, 3.05) is 6.54 Å². The fraction of sp³-hybridized carbons (Fsp3) is 0.667. The van der Waals surface area contributed by atoms with Crippen LogP contribution in [0.25, 0.3) is 0 Å². The third-order valence-corrected chi connectivity index (χ3v) is 4.46. The summed E-state index contributed by atoms with van der Waals surface area (Å²) in [6.45, 7) is 9.62. The fourth-order valence-corrected chi connectivity index (χ4v) is 3.44. The van der Waals surface area contributed by atoms with Crippen LogP contribution in [0.1, 0.15) is 58.9 Å². The molecule has 1 aromatic carbocycles. The Hall–Kier alpha value is -0.890. The van der Waals surface area contributed by atoms with Crippen LogP contribution in [-0.2, 0) is 5.41 Å². The van der Waals surface area contributed by atoms with Gasteiger partial charge < -0.3 is 5.32 Å². The lowest BCUT2D eigenvalue weighted by Crippen LogP contribution is -2.53. The predicted octanol–water partition coefficient (Wildman–Crippen LogP) is 4.66. The average molecular weight is 277 g/mol. The molecule has 0 heterocycles. The van der Waals surface area contributed by atoms with Crippen molar-refractivity contribution >= 4 is 0 Å². The number of hydrogen-bond acceptors (Lipinski definition) is 1. The third kappa shape index (κ3) is 3.41. The van der Waals surface area contributed by atoms with Gasteiger partial charge in [-0.1, -0.05) is 38.0 Å². The summed E-state index contributed by atoms with van der Waals surface area (Å²) in [7, 11) is 0. The molecule has 0 saturated heterocycles. The summed E-state index contributed by atoms with van der Waals surface area (Å²) in [4.78, 5) is 0. The van der Waals surface area contributed by atoms with Crippen molar-refractivity contribution in [1.29, 1.82) is 0 Å². The van der Waals surface area contributed by atoms with Gasteiger partial charge in [0.1, 0.15) is 5.82 Å². The molecule has 0 amide bonds. The van der Waals surface area contributed by atoms with E-state index in [1.165, 1.54) is 12.8 Å². The second kappa shape index (κ2) is 5.85. The van der Waals surface area contributed by atoms with E-state index in [0.29, 0.717) is 0 Å². The van der Waals surface area contributed by atoms with E-state index in [0.717, 1.165) is 30.9 Å². The van der Waals surface area contributed by atoms with Crippen molar-refractivity contribution in [2.24, 2.45) is 5.92 Å². The topological polar surface area (TPSA) is 12.0 Å². The Kier molecular flexibility index (Phi) is 4.53. The number of benzene rings is 1. The van der Waals surface area contributed by atoms with Crippen LogP contribution in [0.4, 0.5) is 4.39 Å². The van der Waals surface area contributed by atoms with E-state index in [1.807, 2.05) is 12.1 Å². The standard InChI is InChI=1S/C18H28FN/c1-5-8-14-11-18(12-14,13-20-17(2,3)4)15-9-6-7-10-16(15)19/h6-7,9-10,14,20H,5,8,11-13H2,1-4H3. The lowest BCUT2D eigenvalue weighted by atomic mass is 9.57. The van der Waals surface area contributed by atoms with Crippen LogP contribution < -0.4 is 5.32 Å². The van der Waals surface area contributed by atoms with Crippen LogP contribution in [-0.4, -0.2) is 12.1 Å². The zero-order chi connectivity index (χ0) is 14.8. The molecule has 0 unspecified atom stereocenters. The van der Waals surface area contributed by atoms with Crippen molar-refractivity contribution < 1.29 is 4.39 Å². The van der Waals surface area contributed by atoms with Gasteiger partial charge in [-0.3, -0.25) is 0 Å². The molecule has 0 aromatic heterocycles. The van der Waals surface area contributed by atoms with Crippen LogP contribution in [0.3, 0.4) is 0 Å². The highest BCUT2D eigenvalue weighted by Crippen LogP contribution is 2.50. The lowest BCUT2D eigenvalue weighted by Gasteiger charge is -2.50. The molecule has 1 aliphatic rings. The van der Waals surface area contributed by atoms with Gasteiger partial charge in [-0.15, -0.1) is 0 Å². The summed E-state index contributed by atoms with van der Waals surface area (Å²) >= 11 is 0. The van der Waals surface area contributed by atoms with Crippen molar-refractivity contribution in [3.05, 3.63) is 35.6 Å². The molecule has 0 aliphatic heterocycles. The highest BCUT2D eigenvalue weighted by Gasteiger charge is 2.46. The minimum Gasteiger partial charge on any atom is -0.311 e.